The van der Waals surface area contributed by atoms with Gasteiger partial charge in [-0.05, 0) is 20.1 Å². The SMILES string of the molecule is CC[N+](CC)=C(S)SC. The zero-order valence-electron chi connectivity index (χ0n) is 6.22. The Morgan fingerprint density at radius 1 is 1.44 bits per heavy atom. The van der Waals surface area contributed by atoms with Crippen molar-refractivity contribution in [1.82, 2.24) is 0 Å². The fourth-order valence-corrected chi connectivity index (χ4v) is 1.42. The molecule has 0 aliphatic rings. The van der Waals surface area contributed by atoms with E-state index in [9.17, 15) is 0 Å². The van der Waals surface area contributed by atoms with Crippen LogP contribution in [0.25, 0.3) is 0 Å². The van der Waals surface area contributed by atoms with Crippen LogP contribution in [0.5, 0.6) is 0 Å². The van der Waals surface area contributed by atoms with Gasteiger partial charge in [-0.1, -0.05) is 24.4 Å². The van der Waals surface area contributed by atoms with Crippen LogP contribution in [0.4, 0.5) is 0 Å². The Balaban J connectivity index is 4.01. The number of thioether (sulfide) groups is 1. The molecule has 0 N–H and O–H groups in total. The lowest BCUT2D eigenvalue weighted by atomic mass is 10.6. The van der Waals surface area contributed by atoms with Crippen molar-refractivity contribution in [3.8, 4) is 0 Å². The molecule has 0 amide bonds. The molecule has 0 rings (SSSR count). The van der Waals surface area contributed by atoms with Gasteiger partial charge >= 0.3 is 0 Å². The third-order valence-electron chi connectivity index (χ3n) is 1.22. The summed E-state index contributed by atoms with van der Waals surface area (Å²) in [5.41, 5.74) is 0. The normalized spacial score (nSPS) is 9.33. The lowest BCUT2D eigenvalue weighted by molar-refractivity contribution is -0.515. The van der Waals surface area contributed by atoms with Gasteiger partial charge in [-0.15, -0.1) is 0 Å². The van der Waals surface area contributed by atoms with Gasteiger partial charge in [0.25, 0.3) is 4.38 Å². The second-order valence-electron chi connectivity index (χ2n) is 1.66. The first-order chi connectivity index (χ1) is 4.26. The molecule has 0 heterocycles. The first-order valence-electron chi connectivity index (χ1n) is 3.11. The van der Waals surface area contributed by atoms with Crippen LogP contribution >= 0.6 is 24.4 Å². The summed E-state index contributed by atoms with van der Waals surface area (Å²) in [6.07, 6.45) is 2.04. The maximum atomic E-state index is 4.29. The molecule has 0 spiro atoms. The summed E-state index contributed by atoms with van der Waals surface area (Å²) < 4.78 is 3.33. The average molecular weight is 164 g/mol. The molecule has 1 nitrogen and oxygen atoms in total. The second kappa shape index (κ2) is 5.18. The molecule has 0 aromatic rings. The van der Waals surface area contributed by atoms with Gasteiger partial charge in [-0.2, -0.15) is 0 Å². The number of thiol groups is 1. The van der Waals surface area contributed by atoms with Crippen molar-refractivity contribution in [3.63, 3.8) is 0 Å². The Morgan fingerprint density at radius 2 is 1.89 bits per heavy atom. The second-order valence-corrected chi connectivity index (χ2v) is 3.18. The van der Waals surface area contributed by atoms with E-state index in [1.54, 1.807) is 11.8 Å². The summed E-state index contributed by atoms with van der Waals surface area (Å²) in [7, 11) is 0. The molecule has 54 valence electrons. The monoisotopic (exact) mass is 164 g/mol. The maximum absolute atomic E-state index is 4.29. The van der Waals surface area contributed by atoms with E-state index in [1.165, 1.54) is 0 Å². The topological polar surface area (TPSA) is 3.01 Å². The van der Waals surface area contributed by atoms with Crippen molar-refractivity contribution in [2.45, 2.75) is 13.8 Å². The van der Waals surface area contributed by atoms with Crippen molar-refractivity contribution in [1.29, 1.82) is 0 Å². The first-order valence-corrected chi connectivity index (χ1v) is 4.78. The molecule has 9 heavy (non-hydrogen) atoms. The summed E-state index contributed by atoms with van der Waals surface area (Å²) in [4.78, 5) is 0. The van der Waals surface area contributed by atoms with Crippen molar-refractivity contribution in [2.24, 2.45) is 0 Å². The predicted octanol–water partition coefficient (Wildman–Crippen LogP) is 1.69. The predicted molar refractivity (Wildman–Crippen MR) is 48.9 cm³/mol. The maximum Gasteiger partial charge on any atom is 0.266 e. The molecule has 0 bridgehead atoms. The molecule has 0 aliphatic carbocycles. The number of rotatable bonds is 2. The molecule has 3 heteroatoms. The van der Waals surface area contributed by atoms with Crippen LogP contribution in [0.2, 0.25) is 0 Å². The summed E-state index contributed by atoms with van der Waals surface area (Å²) in [6.45, 7) is 6.37. The summed E-state index contributed by atoms with van der Waals surface area (Å²) in [5.74, 6) is 0. The van der Waals surface area contributed by atoms with Crippen LogP contribution in [0.1, 0.15) is 13.8 Å². The molecule has 0 unspecified atom stereocenters. The van der Waals surface area contributed by atoms with E-state index in [1.807, 2.05) is 6.26 Å². The minimum Gasteiger partial charge on any atom is -0.219 e. The summed E-state index contributed by atoms with van der Waals surface area (Å²) in [5, 5.41) is 0. The molecule has 0 aromatic carbocycles. The van der Waals surface area contributed by atoms with Gasteiger partial charge in [0.05, 0.1) is 0 Å². The third-order valence-corrected chi connectivity index (χ3v) is 2.67. The quantitative estimate of drug-likeness (QED) is 0.281. The van der Waals surface area contributed by atoms with E-state index < -0.39 is 0 Å². The number of nitrogens with zero attached hydrogens (tertiary/aromatic N) is 1. The van der Waals surface area contributed by atoms with Gasteiger partial charge in [0.1, 0.15) is 13.1 Å². The summed E-state index contributed by atoms with van der Waals surface area (Å²) in [6, 6.07) is 0. The Bertz CT molecular complexity index is 104. The van der Waals surface area contributed by atoms with Gasteiger partial charge in [-0.25, -0.2) is 4.58 Å². The van der Waals surface area contributed by atoms with Crippen LogP contribution in [0.3, 0.4) is 0 Å². The smallest absolute Gasteiger partial charge is 0.219 e. The highest BCUT2D eigenvalue weighted by Gasteiger charge is 2.02. The molecule has 0 atom stereocenters. The Morgan fingerprint density at radius 3 is 2.00 bits per heavy atom. The van der Waals surface area contributed by atoms with Gasteiger partial charge in [0, 0.05) is 0 Å². The number of hydrogen-bond donors (Lipinski definition) is 1. The zero-order chi connectivity index (χ0) is 7.28. The largest absolute Gasteiger partial charge is 0.266 e. The van der Waals surface area contributed by atoms with E-state index in [0.717, 1.165) is 17.5 Å². The van der Waals surface area contributed by atoms with E-state index >= 15 is 0 Å². The minimum atomic E-state index is 1.05. The third kappa shape index (κ3) is 3.16. The van der Waals surface area contributed by atoms with Crippen molar-refractivity contribution < 1.29 is 4.58 Å². The highest BCUT2D eigenvalue weighted by molar-refractivity contribution is 8.31. The average Bonchev–Trinajstić information content (AvgIpc) is 1.90. The van der Waals surface area contributed by atoms with Crippen molar-refractivity contribution in [2.75, 3.05) is 19.3 Å². The van der Waals surface area contributed by atoms with E-state index in [2.05, 4.69) is 31.1 Å². The zero-order valence-corrected chi connectivity index (χ0v) is 7.93. The molecule has 0 aliphatic heterocycles. The van der Waals surface area contributed by atoms with E-state index in [-0.39, 0.29) is 0 Å². The number of hydrogen-bond acceptors (Lipinski definition) is 1. The van der Waals surface area contributed by atoms with E-state index in [0.29, 0.717) is 0 Å². The molecule has 0 saturated heterocycles. The lowest BCUT2D eigenvalue weighted by Gasteiger charge is -1.97. The van der Waals surface area contributed by atoms with Crippen LogP contribution < -0.4 is 0 Å². The van der Waals surface area contributed by atoms with Crippen molar-refractivity contribution in [3.05, 3.63) is 0 Å². The van der Waals surface area contributed by atoms with Gasteiger partial charge in [-0.3, -0.25) is 0 Å². The molecule has 0 fully saturated rings. The molecule has 0 aromatic heterocycles. The van der Waals surface area contributed by atoms with Gasteiger partial charge in [0.15, 0.2) is 0 Å². The van der Waals surface area contributed by atoms with Crippen LogP contribution in [-0.2, 0) is 0 Å². The lowest BCUT2D eigenvalue weighted by Crippen LogP contribution is -2.14. The minimum absolute atomic E-state index is 1.05. The van der Waals surface area contributed by atoms with Gasteiger partial charge < -0.3 is 0 Å². The molecule has 0 radical (unpaired) electrons. The molecular formula is C6H14NS2+. The summed E-state index contributed by atoms with van der Waals surface area (Å²) >= 11 is 5.98. The Hall–Kier alpha value is 0.370. The van der Waals surface area contributed by atoms with Crippen LogP contribution in [-0.4, -0.2) is 28.3 Å². The first kappa shape index (κ1) is 9.37. The standard InChI is InChI=1S/C6H13NS2/c1-4-7(5-2)6(8)9-3/h4-5H2,1-3H3/p+1. The van der Waals surface area contributed by atoms with E-state index in [4.69, 9.17) is 0 Å². The van der Waals surface area contributed by atoms with Crippen LogP contribution in [0, 0.1) is 0 Å². The fraction of sp³-hybridized carbons (Fsp3) is 0.833. The van der Waals surface area contributed by atoms with Crippen molar-refractivity contribution >= 4 is 28.8 Å². The Labute approximate surface area is 66.9 Å². The highest BCUT2D eigenvalue weighted by Crippen LogP contribution is 2.01. The highest BCUT2D eigenvalue weighted by atomic mass is 32.2. The fourth-order valence-electron chi connectivity index (χ4n) is 0.623. The van der Waals surface area contributed by atoms with Crippen LogP contribution in [0.15, 0.2) is 0 Å². The molecule has 0 saturated carbocycles. The Kier molecular flexibility index (Phi) is 5.39. The molecular weight excluding hydrogens is 150 g/mol. The van der Waals surface area contributed by atoms with Gasteiger partial charge in [0.2, 0.25) is 0 Å².